The first-order valence-electron chi connectivity index (χ1n) is 10.5. The van der Waals surface area contributed by atoms with E-state index >= 15 is 0 Å². The molecule has 31 heavy (non-hydrogen) atoms. The molecule has 9 heteroatoms. The Balaban J connectivity index is 1.32. The maximum absolute atomic E-state index is 14.1. The molecule has 164 valence electrons. The van der Waals surface area contributed by atoms with Crippen molar-refractivity contribution >= 4 is 11.3 Å². The number of fused-ring (bicyclic) bond motifs is 2. The fraction of sp³-hybridized carbons (Fsp3) is 0.500. The Hall–Kier alpha value is -2.52. The topological polar surface area (TPSA) is 76.3 Å². The van der Waals surface area contributed by atoms with Crippen LogP contribution in [0.4, 0.5) is 4.39 Å². The maximum Gasteiger partial charge on any atom is 0.294 e. The predicted octanol–water partition coefficient (Wildman–Crippen LogP) is 4.14. The second-order valence-electron chi connectivity index (χ2n) is 8.95. The van der Waals surface area contributed by atoms with E-state index in [4.69, 9.17) is 4.74 Å². The molecule has 2 saturated heterocycles. The lowest BCUT2D eigenvalue weighted by Gasteiger charge is -2.54. The van der Waals surface area contributed by atoms with Gasteiger partial charge in [-0.2, -0.15) is 5.10 Å². The lowest BCUT2D eigenvalue weighted by molar-refractivity contribution is -0.0786. The highest BCUT2D eigenvalue weighted by Gasteiger charge is 2.48. The van der Waals surface area contributed by atoms with Gasteiger partial charge < -0.3 is 9.84 Å². The summed E-state index contributed by atoms with van der Waals surface area (Å²) in [6.45, 7) is 4.04. The first kappa shape index (κ1) is 20.4. The van der Waals surface area contributed by atoms with Gasteiger partial charge in [0.05, 0.1) is 16.9 Å². The number of aryl methyl sites for hydroxylation is 1. The fourth-order valence-corrected chi connectivity index (χ4v) is 5.75. The number of ether oxygens (including phenoxy) is 1. The first-order chi connectivity index (χ1) is 14.8. The summed E-state index contributed by atoms with van der Waals surface area (Å²) >= 11 is 1.31. The standard InChI is InChI=1S/C22H26FN5O2S/c1-13-6-7-28(26-13)15-4-5-18(19(29)10-15)20-24-25-21(31-20)30-17-9-16-8-14(23)11-22(2,12-17)27(16)3/h4-7,10,14,16-17,29H,8-9,11-12H2,1-3H3. The Bertz CT molecular complexity index is 1100. The third-order valence-electron chi connectivity index (χ3n) is 6.66. The molecule has 0 saturated carbocycles. The van der Waals surface area contributed by atoms with Crippen molar-refractivity contribution in [2.75, 3.05) is 7.05 Å². The van der Waals surface area contributed by atoms with Gasteiger partial charge in [0.1, 0.15) is 18.0 Å². The number of rotatable bonds is 4. The summed E-state index contributed by atoms with van der Waals surface area (Å²) < 4.78 is 22.0. The number of aromatic nitrogens is 4. The first-order valence-corrected chi connectivity index (χ1v) is 11.4. The van der Waals surface area contributed by atoms with E-state index in [0.29, 0.717) is 28.6 Å². The normalized spacial score (nSPS) is 28.6. The van der Waals surface area contributed by atoms with Gasteiger partial charge >= 0.3 is 0 Å². The van der Waals surface area contributed by atoms with Gasteiger partial charge in [-0.1, -0.05) is 16.4 Å². The maximum atomic E-state index is 14.1. The molecule has 4 heterocycles. The van der Waals surface area contributed by atoms with Crippen LogP contribution in [0.15, 0.2) is 30.5 Å². The molecule has 5 rings (SSSR count). The predicted molar refractivity (Wildman–Crippen MR) is 117 cm³/mol. The molecule has 4 unspecified atom stereocenters. The summed E-state index contributed by atoms with van der Waals surface area (Å²) in [6, 6.07) is 7.45. The van der Waals surface area contributed by atoms with E-state index in [1.165, 1.54) is 11.3 Å². The molecule has 1 N–H and O–H groups in total. The van der Waals surface area contributed by atoms with Crippen molar-refractivity contribution < 1.29 is 14.2 Å². The van der Waals surface area contributed by atoms with Crippen LogP contribution in [-0.4, -0.2) is 60.9 Å². The molecule has 1 aromatic carbocycles. The van der Waals surface area contributed by atoms with Crippen molar-refractivity contribution in [2.45, 2.75) is 63.4 Å². The molecule has 2 aliphatic rings. The number of alkyl halides is 1. The molecular formula is C22H26FN5O2S. The highest BCUT2D eigenvalue weighted by Crippen LogP contribution is 2.43. The molecule has 3 aromatic rings. The number of benzene rings is 1. The largest absolute Gasteiger partial charge is 0.507 e. The van der Waals surface area contributed by atoms with Gasteiger partial charge in [-0.05, 0) is 51.9 Å². The number of phenolic OH excluding ortho intramolecular Hbond substituents is 1. The zero-order valence-electron chi connectivity index (χ0n) is 17.8. The van der Waals surface area contributed by atoms with Crippen LogP contribution in [0.2, 0.25) is 0 Å². The highest BCUT2D eigenvalue weighted by atomic mass is 32.1. The van der Waals surface area contributed by atoms with E-state index < -0.39 is 6.17 Å². The van der Waals surface area contributed by atoms with Crippen LogP contribution in [-0.2, 0) is 0 Å². The van der Waals surface area contributed by atoms with Gasteiger partial charge in [0, 0.05) is 36.7 Å². The van der Waals surface area contributed by atoms with Crippen molar-refractivity contribution in [1.82, 2.24) is 24.9 Å². The molecule has 0 spiro atoms. The molecule has 0 radical (unpaired) electrons. The van der Waals surface area contributed by atoms with Crippen LogP contribution in [0.5, 0.6) is 10.9 Å². The Labute approximate surface area is 184 Å². The van der Waals surface area contributed by atoms with Crippen LogP contribution in [0.25, 0.3) is 16.3 Å². The van der Waals surface area contributed by atoms with Crippen molar-refractivity contribution in [3.8, 4) is 27.2 Å². The fourth-order valence-electron chi connectivity index (χ4n) is 4.96. The van der Waals surface area contributed by atoms with Gasteiger partial charge in [0.15, 0.2) is 5.01 Å². The molecule has 2 fully saturated rings. The molecule has 4 atom stereocenters. The van der Waals surface area contributed by atoms with Crippen molar-refractivity contribution in [1.29, 1.82) is 0 Å². The molecular weight excluding hydrogens is 417 g/mol. The van der Waals surface area contributed by atoms with Crippen LogP contribution in [0, 0.1) is 6.92 Å². The summed E-state index contributed by atoms with van der Waals surface area (Å²) in [5.74, 6) is 0.115. The van der Waals surface area contributed by atoms with Gasteiger partial charge in [0.2, 0.25) is 0 Å². The Morgan fingerprint density at radius 3 is 2.77 bits per heavy atom. The van der Waals surface area contributed by atoms with Gasteiger partial charge in [0.25, 0.3) is 5.19 Å². The number of hydrogen-bond acceptors (Lipinski definition) is 7. The second kappa shape index (κ2) is 7.56. The van der Waals surface area contributed by atoms with Crippen LogP contribution in [0.1, 0.15) is 38.3 Å². The minimum atomic E-state index is -0.739. The molecule has 0 amide bonds. The van der Waals surface area contributed by atoms with E-state index in [9.17, 15) is 9.50 Å². The van der Waals surface area contributed by atoms with Crippen molar-refractivity contribution in [3.05, 3.63) is 36.2 Å². The number of hydrogen-bond donors (Lipinski definition) is 1. The number of halogens is 1. The zero-order chi connectivity index (χ0) is 21.8. The van der Waals surface area contributed by atoms with E-state index in [1.54, 1.807) is 10.7 Å². The average Bonchev–Trinajstić information content (AvgIpc) is 3.33. The Morgan fingerprint density at radius 2 is 2.06 bits per heavy atom. The smallest absolute Gasteiger partial charge is 0.294 e. The number of nitrogens with zero attached hydrogens (tertiary/aromatic N) is 5. The molecule has 2 aliphatic heterocycles. The summed E-state index contributed by atoms with van der Waals surface area (Å²) in [7, 11) is 2.09. The molecule has 2 bridgehead atoms. The lowest BCUT2D eigenvalue weighted by Crippen LogP contribution is -2.62. The lowest BCUT2D eigenvalue weighted by atomic mass is 9.74. The molecule has 2 aromatic heterocycles. The minimum absolute atomic E-state index is 0.0153. The van der Waals surface area contributed by atoms with E-state index in [0.717, 1.165) is 24.2 Å². The quantitative estimate of drug-likeness (QED) is 0.653. The van der Waals surface area contributed by atoms with Crippen LogP contribution >= 0.6 is 11.3 Å². The van der Waals surface area contributed by atoms with Crippen LogP contribution < -0.4 is 4.74 Å². The van der Waals surface area contributed by atoms with Gasteiger partial charge in [-0.3, -0.25) is 4.90 Å². The summed E-state index contributed by atoms with van der Waals surface area (Å²) in [5, 5.41) is 24.4. The Kier molecular flexibility index (Phi) is 4.97. The monoisotopic (exact) mass is 443 g/mol. The summed E-state index contributed by atoms with van der Waals surface area (Å²) in [6.07, 6.45) is 3.74. The van der Waals surface area contributed by atoms with Crippen molar-refractivity contribution in [3.63, 3.8) is 0 Å². The highest BCUT2D eigenvalue weighted by molar-refractivity contribution is 7.16. The third kappa shape index (κ3) is 3.80. The number of phenols is 1. The average molecular weight is 444 g/mol. The third-order valence-corrected chi connectivity index (χ3v) is 7.51. The molecule has 0 aliphatic carbocycles. The van der Waals surface area contributed by atoms with Gasteiger partial charge in [-0.15, -0.1) is 5.10 Å². The second-order valence-corrected chi connectivity index (χ2v) is 9.89. The number of piperidine rings is 2. The molecule has 7 nitrogen and oxygen atoms in total. The van der Waals surface area contributed by atoms with E-state index in [1.807, 2.05) is 31.3 Å². The summed E-state index contributed by atoms with van der Waals surface area (Å²) in [4.78, 5) is 2.31. The SMILES string of the molecule is Cc1ccn(-c2ccc(-c3nnc(OC4CC5CC(F)CC(C)(C4)N5C)s3)c(O)c2)n1. The van der Waals surface area contributed by atoms with Crippen molar-refractivity contribution in [2.24, 2.45) is 0 Å². The zero-order valence-corrected chi connectivity index (χ0v) is 18.6. The number of aromatic hydroxyl groups is 1. The van der Waals surface area contributed by atoms with E-state index in [2.05, 4.69) is 34.2 Å². The van der Waals surface area contributed by atoms with E-state index in [-0.39, 0.29) is 23.4 Å². The minimum Gasteiger partial charge on any atom is -0.507 e. The van der Waals surface area contributed by atoms with Crippen LogP contribution in [0.3, 0.4) is 0 Å². The Morgan fingerprint density at radius 1 is 1.23 bits per heavy atom. The summed E-state index contributed by atoms with van der Waals surface area (Å²) in [5.41, 5.74) is 2.08. The van der Waals surface area contributed by atoms with Gasteiger partial charge in [-0.25, -0.2) is 9.07 Å².